The second-order valence-corrected chi connectivity index (χ2v) is 6.56. The standard InChI is InChI=1S/C23H14F4N2O/c24-17-7-4-8-18(14-17)29-21(28-20-10-2-1-9-19(20)22(29)30)12-11-15-5-3-6-16(13-15)23(25,26)27/h1-14H/b12-11-. The van der Waals surface area contributed by atoms with Gasteiger partial charge in [0.25, 0.3) is 5.56 Å². The maximum atomic E-state index is 13.8. The van der Waals surface area contributed by atoms with Gasteiger partial charge < -0.3 is 0 Å². The smallest absolute Gasteiger partial charge is 0.268 e. The van der Waals surface area contributed by atoms with Gasteiger partial charge in [-0.3, -0.25) is 9.36 Å². The summed E-state index contributed by atoms with van der Waals surface area (Å²) in [7, 11) is 0. The van der Waals surface area contributed by atoms with E-state index in [4.69, 9.17) is 0 Å². The molecule has 4 rings (SSSR count). The minimum Gasteiger partial charge on any atom is -0.268 e. The number of hydrogen-bond donors (Lipinski definition) is 0. The summed E-state index contributed by atoms with van der Waals surface area (Å²) in [5.41, 5.74) is -0.202. The molecule has 0 aliphatic heterocycles. The van der Waals surface area contributed by atoms with Gasteiger partial charge in [-0.2, -0.15) is 13.2 Å². The number of rotatable bonds is 3. The van der Waals surface area contributed by atoms with E-state index in [1.165, 1.54) is 47.1 Å². The maximum absolute atomic E-state index is 13.8. The highest BCUT2D eigenvalue weighted by molar-refractivity contribution is 5.80. The molecule has 0 unspecified atom stereocenters. The highest BCUT2D eigenvalue weighted by Crippen LogP contribution is 2.30. The normalized spacial score (nSPS) is 12.0. The average molecular weight is 410 g/mol. The molecule has 1 aromatic heterocycles. The van der Waals surface area contributed by atoms with Gasteiger partial charge in [0, 0.05) is 0 Å². The third kappa shape index (κ3) is 3.87. The fourth-order valence-electron chi connectivity index (χ4n) is 3.12. The molecule has 0 amide bonds. The SMILES string of the molecule is O=c1c2ccccc2nc(/C=C\c2cccc(C(F)(F)F)c2)n1-c1cccc(F)c1. The Morgan fingerprint density at radius 1 is 0.867 bits per heavy atom. The Bertz CT molecular complexity index is 1320. The van der Waals surface area contributed by atoms with Gasteiger partial charge in [0.05, 0.1) is 22.2 Å². The number of benzene rings is 3. The van der Waals surface area contributed by atoms with Crippen LogP contribution in [0.3, 0.4) is 0 Å². The first-order valence-corrected chi connectivity index (χ1v) is 8.96. The van der Waals surface area contributed by atoms with Crippen LogP contribution in [-0.4, -0.2) is 9.55 Å². The molecule has 30 heavy (non-hydrogen) atoms. The van der Waals surface area contributed by atoms with Crippen molar-refractivity contribution in [2.45, 2.75) is 6.18 Å². The highest BCUT2D eigenvalue weighted by atomic mass is 19.4. The Labute approximate surface area is 168 Å². The number of para-hydroxylation sites is 1. The Morgan fingerprint density at radius 3 is 2.40 bits per heavy atom. The summed E-state index contributed by atoms with van der Waals surface area (Å²) in [6.07, 6.45) is -1.59. The maximum Gasteiger partial charge on any atom is 0.416 e. The van der Waals surface area contributed by atoms with Gasteiger partial charge in [-0.05, 0) is 54.1 Å². The van der Waals surface area contributed by atoms with Crippen molar-refractivity contribution in [2.75, 3.05) is 0 Å². The van der Waals surface area contributed by atoms with Crippen LogP contribution in [0.1, 0.15) is 17.0 Å². The second kappa shape index (κ2) is 7.59. The van der Waals surface area contributed by atoms with E-state index >= 15 is 0 Å². The molecule has 3 nitrogen and oxygen atoms in total. The minimum atomic E-state index is -4.46. The van der Waals surface area contributed by atoms with Crippen LogP contribution < -0.4 is 5.56 Å². The number of aromatic nitrogens is 2. The number of hydrogen-bond acceptors (Lipinski definition) is 2. The van der Waals surface area contributed by atoms with Gasteiger partial charge in [0.2, 0.25) is 0 Å². The second-order valence-electron chi connectivity index (χ2n) is 6.56. The molecule has 0 fully saturated rings. The fourth-order valence-corrected chi connectivity index (χ4v) is 3.12. The molecule has 4 aromatic rings. The first-order valence-electron chi connectivity index (χ1n) is 8.96. The molecule has 0 saturated carbocycles. The summed E-state index contributed by atoms with van der Waals surface area (Å²) in [5.74, 6) is -0.359. The van der Waals surface area contributed by atoms with Crippen LogP contribution >= 0.6 is 0 Å². The molecule has 0 bridgehead atoms. The van der Waals surface area contributed by atoms with Crippen LogP contribution in [0.2, 0.25) is 0 Å². The lowest BCUT2D eigenvalue weighted by Gasteiger charge is -2.11. The van der Waals surface area contributed by atoms with Crippen LogP contribution in [0, 0.1) is 5.82 Å². The van der Waals surface area contributed by atoms with E-state index in [0.717, 1.165) is 12.1 Å². The Morgan fingerprint density at radius 2 is 1.63 bits per heavy atom. The van der Waals surface area contributed by atoms with E-state index in [-0.39, 0.29) is 17.1 Å². The quantitative estimate of drug-likeness (QED) is 0.405. The van der Waals surface area contributed by atoms with Crippen LogP contribution in [0.4, 0.5) is 17.6 Å². The predicted molar refractivity (Wildman–Crippen MR) is 108 cm³/mol. The number of nitrogens with zero attached hydrogens (tertiary/aromatic N) is 2. The topological polar surface area (TPSA) is 34.9 Å². The summed E-state index contributed by atoms with van der Waals surface area (Å²) < 4.78 is 53.9. The Hall–Kier alpha value is -3.74. The Kier molecular flexibility index (Phi) is 4.95. The van der Waals surface area contributed by atoms with Gasteiger partial charge in [-0.25, -0.2) is 9.37 Å². The zero-order chi connectivity index (χ0) is 21.3. The minimum absolute atomic E-state index is 0.168. The molecule has 0 radical (unpaired) electrons. The zero-order valence-electron chi connectivity index (χ0n) is 15.4. The lowest BCUT2D eigenvalue weighted by atomic mass is 10.1. The average Bonchev–Trinajstić information content (AvgIpc) is 2.72. The zero-order valence-corrected chi connectivity index (χ0v) is 15.4. The molecule has 0 spiro atoms. The monoisotopic (exact) mass is 410 g/mol. The van der Waals surface area contributed by atoms with E-state index in [2.05, 4.69) is 4.98 Å². The molecular formula is C23H14F4N2O. The summed E-state index contributed by atoms with van der Waals surface area (Å²) in [5, 5.41) is 0.345. The molecule has 0 saturated heterocycles. The summed E-state index contributed by atoms with van der Waals surface area (Å²) in [6, 6.07) is 17.0. The van der Waals surface area contributed by atoms with E-state index in [1.807, 2.05) is 0 Å². The first kappa shape index (κ1) is 19.6. The van der Waals surface area contributed by atoms with Gasteiger partial charge in [0.15, 0.2) is 0 Å². The third-order valence-corrected chi connectivity index (χ3v) is 4.51. The molecule has 1 heterocycles. The van der Waals surface area contributed by atoms with E-state index in [0.29, 0.717) is 10.9 Å². The van der Waals surface area contributed by atoms with Crippen LogP contribution in [0.5, 0.6) is 0 Å². The molecule has 150 valence electrons. The van der Waals surface area contributed by atoms with Crippen molar-refractivity contribution in [3.63, 3.8) is 0 Å². The van der Waals surface area contributed by atoms with Gasteiger partial charge >= 0.3 is 6.18 Å². The summed E-state index contributed by atoms with van der Waals surface area (Å²) in [4.78, 5) is 17.5. The van der Waals surface area contributed by atoms with Crippen LogP contribution in [0.25, 0.3) is 28.7 Å². The van der Waals surface area contributed by atoms with Crippen molar-refractivity contribution in [2.24, 2.45) is 0 Å². The molecule has 0 aliphatic carbocycles. The molecule has 0 N–H and O–H groups in total. The van der Waals surface area contributed by atoms with Crippen LogP contribution in [0.15, 0.2) is 77.6 Å². The van der Waals surface area contributed by atoms with Crippen molar-refractivity contribution < 1.29 is 17.6 Å². The van der Waals surface area contributed by atoms with E-state index in [9.17, 15) is 22.4 Å². The first-order chi connectivity index (χ1) is 14.3. The van der Waals surface area contributed by atoms with Crippen LogP contribution in [-0.2, 0) is 6.18 Å². The van der Waals surface area contributed by atoms with Crippen molar-refractivity contribution in [3.05, 3.63) is 106 Å². The molecule has 3 aromatic carbocycles. The molecular weight excluding hydrogens is 396 g/mol. The lowest BCUT2D eigenvalue weighted by Crippen LogP contribution is -2.22. The van der Waals surface area contributed by atoms with Gasteiger partial charge in [-0.1, -0.05) is 36.4 Å². The van der Waals surface area contributed by atoms with E-state index < -0.39 is 23.1 Å². The van der Waals surface area contributed by atoms with Gasteiger partial charge in [0.1, 0.15) is 11.6 Å². The van der Waals surface area contributed by atoms with Crippen molar-refractivity contribution in [1.29, 1.82) is 0 Å². The largest absolute Gasteiger partial charge is 0.416 e. The number of alkyl halides is 3. The number of fused-ring (bicyclic) bond motifs is 1. The number of halogens is 4. The van der Waals surface area contributed by atoms with Gasteiger partial charge in [-0.15, -0.1) is 0 Å². The highest BCUT2D eigenvalue weighted by Gasteiger charge is 2.30. The molecule has 0 aliphatic rings. The Balaban J connectivity index is 1.89. The van der Waals surface area contributed by atoms with Crippen molar-refractivity contribution in [3.8, 4) is 5.69 Å². The molecule has 7 heteroatoms. The van der Waals surface area contributed by atoms with Crippen molar-refractivity contribution in [1.82, 2.24) is 9.55 Å². The predicted octanol–water partition coefficient (Wildman–Crippen LogP) is 5.71. The third-order valence-electron chi connectivity index (χ3n) is 4.51. The molecule has 0 atom stereocenters. The fraction of sp³-hybridized carbons (Fsp3) is 0.0435. The summed E-state index contributed by atoms with van der Waals surface area (Å²) >= 11 is 0. The lowest BCUT2D eigenvalue weighted by molar-refractivity contribution is -0.137. The van der Waals surface area contributed by atoms with E-state index in [1.54, 1.807) is 30.3 Å². The summed E-state index contributed by atoms with van der Waals surface area (Å²) in [6.45, 7) is 0. The van der Waals surface area contributed by atoms with Crippen molar-refractivity contribution >= 4 is 23.1 Å².